The number of para-hydroxylation sites is 1. The van der Waals surface area contributed by atoms with Crippen LogP contribution in [0.1, 0.15) is 68.5 Å². The van der Waals surface area contributed by atoms with E-state index in [1.807, 2.05) is 64.4 Å². The van der Waals surface area contributed by atoms with Crippen LogP contribution in [0.2, 0.25) is 0 Å². The molecule has 3 atom stereocenters. The molecule has 0 spiro atoms. The molecule has 35 heavy (non-hydrogen) atoms. The van der Waals surface area contributed by atoms with Crippen LogP contribution < -0.4 is 4.90 Å². The van der Waals surface area contributed by atoms with E-state index in [0.717, 1.165) is 55.3 Å². The summed E-state index contributed by atoms with van der Waals surface area (Å²) in [6, 6.07) is 17.4. The summed E-state index contributed by atoms with van der Waals surface area (Å²) in [5, 5.41) is 9.15. The fourth-order valence-electron chi connectivity index (χ4n) is 5.86. The molecule has 2 aromatic carbocycles. The van der Waals surface area contributed by atoms with E-state index in [0.29, 0.717) is 0 Å². The number of fused-ring (bicyclic) bond motifs is 2. The summed E-state index contributed by atoms with van der Waals surface area (Å²) >= 11 is 0. The first-order chi connectivity index (χ1) is 17.0. The smallest absolute Gasteiger partial charge is 0.414 e. The third kappa shape index (κ3) is 4.90. The van der Waals surface area contributed by atoms with Gasteiger partial charge in [0.15, 0.2) is 0 Å². The standard InChI is InChI=1S/C28H32N2O5/c31-25(16-17-26(32)33)29(20-14-15-20)27-21-10-4-6-12-23(21)30(24-13-7-5-11-22(24)27)28(34)35-18-19-8-2-1-3-9-19/h1-4,6,8-10,12,20,22,24,27H,5,7,11,13-18H2,(H,32,33). The average Bonchev–Trinajstić information content (AvgIpc) is 3.71. The van der Waals surface area contributed by atoms with Crippen LogP contribution in [-0.2, 0) is 20.9 Å². The van der Waals surface area contributed by atoms with Crippen molar-refractivity contribution in [2.75, 3.05) is 4.90 Å². The third-order valence-electron chi connectivity index (χ3n) is 7.52. The van der Waals surface area contributed by atoms with Gasteiger partial charge in [-0.1, -0.05) is 61.4 Å². The molecule has 2 saturated carbocycles. The Morgan fingerprint density at radius 2 is 1.63 bits per heavy atom. The van der Waals surface area contributed by atoms with Gasteiger partial charge >= 0.3 is 12.1 Å². The molecular formula is C28H32N2O5. The molecule has 2 amide bonds. The molecule has 1 aliphatic heterocycles. The predicted molar refractivity (Wildman–Crippen MR) is 131 cm³/mol. The molecule has 0 radical (unpaired) electrons. The first kappa shape index (κ1) is 23.4. The number of hydrogen-bond donors (Lipinski definition) is 1. The van der Waals surface area contributed by atoms with E-state index in [9.17, 15) is 14.4 Å². The predicted octanol–water partition coefficient (Wildman–Crippen LogP) is 5.30. The maximum atomic E-state index is 13.5. The molecule has 1 heterocycles. The molecule has 2 aliphatic carbocycles. The van der Waals surface area contributed by atoms with Crippen LogP contribution in [0.4, 0.5) is 10.5 Å². The lowest BCUT2D eigenvalue weighted by Crippen LogP contribution is -2.55. The van der Waals surface area contributed by atoms with E-state index >= 15 is 0 Å². The van der Waals surface area contributed by atoms with E-state index in [4.69, 9.17) is 9.84 Å². The largest absolute Gasteiger partial charge is 0.481 e. The number of nitrogens with zero attached hydrogens (tertiary/aromatic N) is 2. The quantitative estimate of drug-likeness (QED) is 0.586. The number of amides is 2. The summed E-state index contributed by atoms with van der Waals surface area (Å²) in [6.45, 7) is 0.209. The minimum absolute atomic E-state index is 0.00468. The van der Waals surface area contributed by atoms with Crippen molar-refractivity contribution >= 4 is 23.7 Å². The molecule has 3 aliphatic rings. The van der Waals surface area contributed by atoms with Crippen molar-refractivity contribution in [2.45, 2.75) is 76.1 Å². The first-order valence-electron chi connectivity index (χ1n) is 12.7. The van der Waals surface area contributed by atoms with E-state index in [-0.39, 0.29) is 55.5 Å². The zero-order chi connectivity index (χ0) is 24.4. The van der Waals surface area contributed by atoms with Crippen molar-refractivity contribution in [2.24, 2.45) is 5.92 Å². The van der Waals surface area contributed by atoms with Crippen molar-refractivity contribution in [1.29, 1.82) is 0 Å². The zero-order valence-corrected chi connectivity index (χ0v) is 19.8. The Bertz CT molecular complexity index is 1080. The van der Waals surface area contributed by atoms with Crippen LogP contribution >= 0.6 is 0 Å². The molecule has 0 saturated heterocycles. The fourth-order valence-corrected chi connectivity index (χ4v) is 5.86. The summed E-state index contributed by atoms with van der Waals surface area (Å²) in [5.41, 5.74) is 2.70. The second-order valence-electron chi connectivity index (χ2n) is 9.86. The monoisotopic (exact) mass is 476 g/mol. The number of anilines is 1. The molecule has 184 valence electrons. The molecule has 2 fully saturated rings. The molecule has 5 rings (SSSR count). The Kier molecular flexibility index (Phi) is 6.75. The topological polar surface area (TPSA) is 87.2 Å². The highest BCUT2D eigenvalue weighted by Crippen LogP contribution is 2.51. The normalized spacial score (nSPS) is 23.1. The highest BCUT2D eigenvalue weighted by atomic mass is 16.6. The molecule has 7 heteroatoms. The minimum Gasteiger partial charge on any atom is -0.481 e. The van der Waals surface area contributed by atoms with Crippen molar-refractivity contribution in [1.82, 2.24) is 4.90 Å². The summed E-state index contributed by atoms with van der Waals surface area (Å²) in [4.78, 5) is 41.8. The van der Waals surface area contributed by atoms with Gasteiger partial charge in [0, 0.05) is 24.4 Å². The van der Waals surface area contributed by atoms with Gasteiger partial charge in [0.05, 0.1) is 18.2 Å². The molecular weight excluding hydrogens is 444 g/mol. The molecule has 1 N–H and O–H groups in total. The Morgan fingerprint density at radius 1 is 0.914 bits per heavy atom. The highest BCUT2D eigenvalue weighted by Gasteiger charge is 2.50. The molecule has 2 aromatic rings. The first-order valence-corrected chi connectivity index (χ1v) is 12.7. The SMILES string of the molecule is O=C(O)CCC(=O)N(C1CC1)C1c2ccccc2N(C(=O)OCc2ccccc2)C2CCCCC21. The number of rotatable bonds is 7. The Balaban J connectivity index is 1.48. The zero-order valence-electron chi connectivity index (χ0n) is 19.8. The van der Waals surface area contributed by atoms with Gasteiger partial charge in [-0.3, -0.25) is 14.5 Å². The number of carbonyl (C=O) groups excluding carboxylic acids is 2. The van der Waals surface area contributed by atoms with E-state index < -0.39 is 5.97 Å². The maximum absolute atomic E-state index is 13.5. The van der Waals surface area contributed by atoms with Crippen molar-refractivity contribution in [3.63, 3.8) is 0 Å². The van der Waals surface area contributed by atoms with Gasteiger partial charge in [-0.15, -0.1) is 0 Å². The van der Waals surface area contributed by atoms with Gasteiger partial charge in [0.25, 0.3) is 0 Å². The summed E-state index contributed by atoms with van der Waals surface area (Å²) in [5.74, 6) is -0.961. The van der Waals surface area contributed by atoms with Crippen LogP contribution in [0.3, 0.4) is 0 Å². The van der Waals surface area contributed by atoms with Crippen LogP contribution in [0.5, 0.6) is 0 Å². The maximum Gasteiger partial charge on any atom is 0.414 e. The Hall–Kier alpha value is -3.35. The van der Waals surface area contributed by atoms with Crippen LogP contribution in [0.25, 0.3) is 0 Å². The molecule has 3 unspecified atom stereocenters. The Morgan fingerprint density at radius 3 is 2.37 bits per heavy atom. The number of hydrogen-bond acceptors (Lipinski definition) is 4. The number of carboxylic acid groups (broad SMARTS) is 1. The van der Waals surface area contributed by atoms with Gasteiger partial charge in [0.2, 0.25) is 5.91 Å². The molecule has 0 aromatic heterocycles. The fraction of sp³-hybridized carbons (Fsp3) is 0.464. The third-order valence-corrected chi connectivity index (χ3v) is 7.52. The van der Waals surface area contributed by atoms with Gasteiger partial charge < -0.3 is 14.7 Å². The number of carboxylic acids is 1. The summed E-state index contributed by atoms with van der Waals surface area (Å²) in [6.07, 6.45) is 5.22. The van der Waals surface area contributed by atoms with Crippen molar-refractivity contribution < 1.29 is 24.2 Å². The number of benzene rings is 2. The summed E-state index contributed by atoms with van der Waals surface area (Å²) < 4.78 is 5.78. The van der Waals surface area contributed by atoms with Crippen LogP contribution in [-0.4, -0.2) is 40.1 Å². The van der Waals surface area contributed by atoms with Gasteiger partial charge in [-0.2, -0.15) is 0 Å². The second kappa shape index (κ2) is 10.1. The van der Waals surface area contributed by atoms with Crippen LogP contribution in [0.15, 0.2) is 54.6 Å². The lowest BCUT2D eigenvalue weighted by Gasteiger charge is -2.51. The Labute approximate surface area is 205 Å². The number of ether oxygens (including phenoxy) is 1. The second-order valence-corrected chi connectivity index (χ2v) is 9.86. The lowest BCUT2D eigenvalue weighted by molar-refractivity contribution is -0.143. The molecule has 7 nitrogen and oxygen atoms in total. The minimum atomic E-state index is -0.957. The van der Waals surface area contributed by atoms with Gasteiger partial charge in [-0.25, -0.2) is 4.79 Å². The number of carbonyl (C=O) groups is 3. The average molecular weight is 477 g/mol. The summed E-state index contributed by atoms with van der Waals surface area (Å²) in [7, 11) is 0. The van der Waals surface area contributed by atoms with Gasteiger partial charge in [-0.05, 0) is 42.9 Å². The van der Waals surface area contributed by atoms with E-state index in [2.05, 4.69) is 0 Å². The van der Waals surface area contributed by atoms with E-state index in [1.54, 1.807) is 0 Å². The van der Waals surface area contributed by atoms with Crippen molar-refractivity contribution in [3.05, 3.63) is 65.7 Å². The molecule has 0 bridgehead atoms. The van der Waals surface area contributed by atoms with Gasteiger partial charge in [0.1, 0.15) is 6.61 Å². The van der Waals surface area contributed by atoms with Crippen molar-refractivity contribution in [3.8, 4) is 0 Å². The van der Waals surface area contributed by atoms with Crippen LogP contribution in [0, 0.1) is 5.92 Å². The van der Waals surface area contributed by atoms with E-state index in [1.165, 1.54) is 0 Å². The highest BCUT2D eigenvalue weighted by molar-refractivity contribution is 5.91. The lowest BCUT2D eigenvalue weighted by atomic mass is 9.72. The number of aliphatic carboxylic acids is 1.